The molecule has 0 N–H and O–H groups in total. The van der Waals surface area contributed by atoms with Crippen molar-refractivity contribution in [2.75, 3.05) is 6.61 Å². The molecule has 1 heterocycles. The van der Waals surface area contributed by atoms with Gasteiger partial charge in [-0.3, -0.25) is 4.79 Å². The van der Waals surface area contributed by atoms with Crippen molar-refractivity contribution in [3.05, 3.63) is 70.0 Å². The molecule has 4 aliphatic rings. The predicted molar refractivity (Wildman–Crippen MR) is 175 cm³/mol. The molecule has 3 unspecified atom stereocenters. The molecular weight excluding hydrogens is 535 g/mol. The minimum absolute atomic E-state index is 0. The second-order valence-electron chi connectivity index (χ2n) is 16.7. The third-order valence-corrected chi connectivity index (χ3v) is 11.1. The van der Waals surface area contributed by atoms with Crippen molar-refractivity contribution in [2.24, 2.45) is 33.5 Å². The standard InChI is InChI=1S/C39H55FO3.H2/c1-10-42-24-25-11-13-29(32(40)19-25)27-12-14-30(38(7,8)21-27)34(41)33-23-39(9)22-28(26-15-17-37(5,6)18-16-26)20-31(35(39)43-33)36(2,3)4;/h11,13,19-20,23,26-27,30H,10,12,14-18,21-22,24H2,1-9H3;1H. The van der Waals surface area contributed by atoms with Gasteiger partial charge in [0.1, 0.15) is 11.6 Å². The molecule has 43 heavy (non-hydrogen) atoms. The van der Waals surface area contributed by atoms with Gasteiger partial charge in [0.05, 0.1) is 12.0 Å². The Morgan fingerprint density at radius 1 is 1.05 bits per heavy atom. The number of fused-ring (bicyclic) bond motifs is 1. The fourth-order valence-corrected chi connectivity index (χ4v) is 8.31. The average Bonchev–Trinajstić information content (AvgIpc) is 3.27. The summed E-state index contributed by atoms with van der Waals surface area (Å²) in [5.74, 6) is 2.03. The number of benzene rings is 1. The number of ether oxygens (including phenoxy) is 2. The van der Waals surface area contributed by atoms with Crippen LogP contribution in [0.15, 0.2) is 53.0 Å². The van der Waals surface area contributed by atoms with Crippen LogP contribution in [0.3, 0.4) is 0 Å². The highest BCUT2D eigenvalue weighted by atomic mass is 19.1. The summed E-state index contributed by atoms with van der Waals surface area (Å²) < 4.78 is 27.3. The van der Waals surface area contributed by atoms with Gasteiger partial charge in [-0.25, -0.2) is 4.39 Å². The van der Waals surface area contributed by atoms with Crippen molar-refractivity contribution in [1.82, 2.24) is 0 Å². The smallest absolute Gasteiger partial charge is 0.201 e. The highest BCUT2D eigenvalue weighted by Gasteiger charge is 2.49. The van der Waals surface area contributed by atoms with Crippen molar-refractivity contribution in [1.29, 1.82) is 0 Å². The van der Waals surface area contributed by atoms with E-state index in [1.54, 1.807) is 6.07 Å². The summed E-state index contributed by atoms with van der Waals surface area (Å²) in [6.07, 6.45) is 12.8. The first-order chi connectivity index (χ1) is 20.0. The molecule has 3 aliphatic carbocycles. The van der Waals surface area contributed by atoms with Crippen LogP contribution in [0.2, 0.25) is 0 Å². The highest BCUT2D eigenvalue weighted by Crippen LogP contribution is 2.56. The molecule has 0 aromatic heterocycles. The molecule has 3 atom stereocenters. The lowest BCUT2D eigenvalue weighted by Gasteiger charge is -2.42. The third kappa shape index (κ3) is 6.60. The van der Waals surface area contributed by atoms with Gasteiger partial charge >= 0.3 is 0 Å². The Balaban J connectivity index is 0.00000442. The zero-order valence-electron chi connectivity index (χ0n) is 28.3. The van der Waals surface area contributed by atoms with Crippen LogP contribution in [0, 0.1) is 39.3 Å². The van der Waals surface area contributed by atoms with E-state index in [2.05, 4.69) is 67.5 Å². The van der Waals surface area contributed by atoms with Crippen LogP contribution in [0.25, 0.3) is 0 Å². The average molecular weight is 593 g/mol. The van der Waals surface area contributed by atoms with Gasteiger partial charge < -0.3 is 9.47 Å². The summed E-state index contributed by atoms with van der Waals surface area (Å²) in [6, 6.07) is 5.53. The van der Waals surface area contributed by atoms with Crippen LogP contribution in [-0.4, -0.2) is 12.4 Å². The molecule has 0 spiro atoms. The second kappa shape index (κ2) is 11.6. The summed E-state index contributed by atoms with van der Waals surface area (Å²) >= 11 is 0. The van der Waals surface area contributed by atoms with Crippen molar-refractivity contribution < 1.29 is 20.1 Å². The van der Waals surface area contributed by atoms with E-state index in [4.69, 9.17) is 9.47 Å². The summed E-state index contributed by atoms with van der Waals surface area (Å²) in [4.78, 5) is 14.2. The van der Waals surface area contributed by atoms with Crippen LogP contribution < -0.4 is 0 Å². The van der Waals surface area contributed by atoms with Gasteiger partial charge in [-0.1, -0.05) is 72.2 Å². The Labute approximate surface area is 261 Å². The number of carbonyl (C=O) groups is 1. The van der Waals surface area contributed by atoms with E-state index in [1.165, 1.54) is 36.8 Å². The van der Waals surface area contributed by atoms with E-state index in [1.807, 2.05) is 19.1 Å². The number of carbonyl (C=O) groups excluding carboxylic acids is 1. The van der Waals surface area contributed by atoms with Crippen molar-refractivity contribution in [2.45, 2.75) is 126 Å². The largest absolute Gasteiger partial charge is 0.457 e. The molecular formula is C39H57FO3. The van der Waals surface area contributed by atoms with Gasteiger partial charge in [0.25, 0.3) is 0 Å². The molecule has 2 fully saturated rings. The second-order valence-corrected chi connectivity index (χ2v) is 16.7. The first-order valence-corrected chi connectivity index (χ1v) is 16.8. The lowest BCUT2D eigenvalue weighted by Crippen LogP contribution is -2.37. The van der Waals surface area contributed by atoms with Gasteiger partial charge in [0.2, 0.25) is 5.78 Å². The summed E-state index contributed by atoms with van der Waals surface area (Å²) in [6.45, 7) is 21.2. The van der Waals surface area contributed by atoms with Crippen LogP contribution in [0.1, 0.15) is 132 Å². The van der Waals surface area contributed by atoms with Crippen LogP contribution in [0.5, 0.6) is 0 Å². The fraction of sp³-hybridized carbons (Fsp3) is 0.667. The molecule has 0 radical (unpaired) electrons. The first kappa shape index (κ1) is 32.2. The van der Waals surface area contributed by atoms with Gasteiger partial charge in [-0.2, -0.15) is 0 Å². The number of ketones is 1. The number of halogens is 1. The van der Waals surface area contributed by atoms with Gasteiger partial charge in [0, 0.05) is 14.0 Å². The van der Waals surface area contributed by atoms with Crippen LogP contribution in [-0.2, 0) is 20.9 Å². The molecule has 0 saturated heterocycles. The van der Waals surface area contributed by atoms with Crippen molar-refractivity contribution in [3.8, 4) is 0 Å². The van der Waals surface area contributed by atoms with Crippen LogP contribution in [0.4, 0.5) is 4.39 Å². The Morgan fingerprint density at radius 2 is 1.74 bits per heavy atom. The van der Waals surface area contributed by atoms with E-state index >= 15 is 4.39 Å². The molecule has 2 saturated carbocycles. The molecule has 5 rings (SSSR count). The summed E-state index contributed by atoms with van der Waals surface area (Å²) in [7, 11) is 0. The maximum Gasteiger partial charge on any atom is 0.201 e. The van der Waals surface area contributed by atoms with E-state index in [9.17, 15) is 4.79 Å². The molecule has 1 aromatic carbocycles. The summed E-state index contributed by atoms with van der Waals surface area (Å²) in [5, 5.41) is 0. The van der Waals surface area contributed by atoms with E-state index in [-0.39, 0.29) is 41.1 Å². The minimum atomic E-state index is -0.293. The zero-order valence-corrected chi connectivity index (χ0v) is 28.3. The monoisotopic (exact) mass is 592 g/mol. The Morgan fingerprint density at radius 3 is 2.35 bits per heavy atom. The van der Waals surface area contributed by atoms with E-state index in [0.717, 1.165) is 42.6 Å². The molecule has 0 amide bonds. The molecule has 0 bridgehead atoms. The number of hydrogen-bond acceptors (Lipinski definition) is 3. The van der Waals surface area contributed by atoms with E-state index < -0.39 is 0 Å². The lowest BCUT2D eigenvalue weighted by molar-refractivity contribution is -0.127. The van der Waals surface area contributed by atoms with Gasteiger partial charge in [-0.05, 0) is 122 Å². The molecule has 238 valence electrons. The maximum absolute atomic E-state index is 15.2. The highest BCUT2D eigenvalue weighted by molar-refractivity contribution is 5.97. The number of hydrogen-bond donors (Lipinski definition) is 0. The number of Topliss-reactive ketones (excluding diaryl/α,β-unsaturated/α-hetero) is 1. The third-order valence-electron chi connectivity index (χ3n) is 11.1. The molecule has 3 nitrogen and oxygen atoms in total. The first-order valence-electron chi connectivity index (χ1n) is 16.8. The van der Waals surface area contributed by atoms with Gasteiger partial charge in [0.15, 0.2) is 5.76 Å². The normalized spacial score (nSPS) is 29.1. The van der Waals surface area contributed by atoms with Crippen LogP contribution >= 0.6 is 0 Å². The lowest BCUT2D eigenvalue weighted by atomic mass is 9.62. The Hall–Kier alpha value is -2.20. The minimum Gasteiger partial charge on any atom is -0.457 e. The fourth-order valence-electron chi connectivity index (χ4n) is 8.31. The summed E-state index contributed by atoms with van der Waals surface area (Å²) in [5.41, 5.74) is 4.19. The maximum atomic E-state index is 15.2. The molecule has 1 aromatic rings. The number of allylic oxidation sites excluding steroid dienone is 5. The Kier molecular flexibility index (Phi) is 8.70. The number of rotatable bonds is 7. The van der Waals surface area contributed by atoms with Crippen molar-refractivity contribution in [3.63, 3.8) is 0 Å². The molecule has 4 heteroatoms. The van der Waals surface area contributed by atoms with Crippen molar-refractivity contribution >= 4 is 5.78 Å². The Bertz CT molecular complexity index is 1330. The van der Waals surface area contributed by atoms with E-state index in [0.29, 0.717) is 30.3 Å². The quantitative estimate of drug-likeness (QED) is 0.316. The topological polar surface area (TPSA) is 35.5 Å². The zero-order chi connectivity index (χ0) is 31.4. The molecule has 1 aliphatic heterocycles. The van der Waals surface area contributed by atoms with Gasteiger partial charge in [-0.15, -0.1) is 0 Å². The predicted octanol–water partition coefficient (Wildman–Crippen LogP) is 10.9. The SMILES string of the molecule is CCOCc1ccc(C2CCC(C(=O)C3=CC4(C)CC(C5CCC(C)(C)CC5)=CC(C(C)(C)C)=C4O3)C(C)(C)C2)c(F)c1.[HH].